The normalized spacial score (nSPS) is 28.0. The van der Waals surface area contributed by atoms with E-state index in [0.717, 1.165) is 43.5 Å². The molecule has 0 bridgehead atoms. The average Bonchev–Trinajstić information content (AvgIpc) is 3.54. The van der Waals surface area contributed by atoms with E-state index < -0.39 is 17.3 Å². The van der Waals surface area contributed by atoms with Gasteiger partial charge in [-0.1, -0.05) is 0 Å². The molecule has 1 aliphatic heterocycles. The Labute approximate surface area is 173 Å². The molecule has 29 heavy (non-hydrogen) atoms. The van der Waals surface area contributed by atoms with Gasteiger partial charge in [0.2, 0.25) is 0 Å². The number of nitrogens with one attached hydrogen (secondary N) is 2. The number of carbonyl (C=O) groups is 1. The van der Waals surface area contributed by atoms with Crippen LogP contribution in [0, 0.1) is 18.2 Å². The molecule has 3 fully saturated rings. The molecule has 2 saturated carbocycles. The molecule has 6 nitrogen and oxygen atoms in total. The van der Waals surface area contributed by atoms with E-state index in [2.05, 4.69) is 10.6 Å². The number of fused-ring (bicyclic) bond motifs is 1. The molecule has 0 radical (unpaired) electrons. The van der Waals surface area contributed by atoms with Crippen LogP contribution >= 0.6 is 12.4 Å². The standard InChI is InChI=1S/C21H24FN3O3.ClH/c1-10-17(14-6-21(14)9-24-7-16(21)23-2)15(22)8-25-18(10)12(11-3-4-11)5-13(19(25)26)20(27)28;/h5,8,11,14,16,23-24H,3-4,6-7,9H2,1-2H3,(H,27,28);1H/t14?,16-,21?;/m1./s1. The number of carboxylic acids is 1. The van der Waals surface area contributed by atoms with Crippen LogP contribution < -0.4 is 16.2 Å². The van der Waals surface area contributed by atoms with Crippen LogP contribution in [0.4, 0.5) is 4.39 Å². The molecular formula is C21H25ClFN3O3. The van der Waals surface area contributed by atoms with E-state index in [1.54, 1.807) is 0 Å². The van der Waals surface area contributed by atoms with Gasteiger partial charge in [0.05, 0.1) is 5.52 Å². The molecule has 3 heterocycles. The van der Waals surface area contributed by atoms with Gasteiger partial charge in [-0.15, -0.1) is 12.4 Å². The van der Waals surface area contributed by atoms with Crippen molar-refractivity contribution in [3.8, 4) is 0 Å². The van der Waals surface area contributed by atoms with Crippen molar-refractivity contribution in [3.05, 3.63) is 50.7 Å². The number of aromatic nitrogens is 1. The molecule has 8 heteroatoms. The highest BCUT2D eigenvalue weighted by Crippen LogP contribution is 2.63. The Morgan fingerprint density at radius 2 is 2.14 bits per heavy atom. The highest BCUT2D eigenvalue weighted by molar-refractivity contribution is 5.88. The lowest BCUT2D eigenvalue weighted by molar-refractivity contribution is 0.0694. The number of nitrogens with zero attached hydrogens (tertiary/aromatic N) is 1. The van der Waals surface area contributed by atoms with Crippen LogP contribution in [-0.2, 0) is 0 Å². The predicted octanol–water partition coefficient (Wildman–Crippen LogP) is 2.41. The monoisotopic (exact) mass is 421 g/mol. The summed E-state index contributed by atoms with van der Waals surface area (Å²) in [6, 6.07) is 1.81. The molecule has 2 unspecified atom stereocenters. The summed E-state index contributed by atoms with van der Waals surface area (Å²) in [6.07, 6.45) is 4.06. The minimum absolute atomic E-state index is 0. The van der Waals surface area contributed by atoms with Crippen molar-refractivity contribution in [2.75, 3.05) is 20.1 Å². The Morgan fingerprint density at radius 1 is 1.41 bits per heavy atom. The molecule has 2 aliphatic carbocycles. The summed E-state index contributed by atoms with van der Waals surface area (Å²) in [4.78, 5) is 24.2. The van der Waals surface area contributed by atoms with E-state index in [-0.39, 0.29) is 35.2 Å². The van der Waals surface area contributed by atoms with Crippen LogP contribution in [-0.4, -0.2) is 41.7 Å². The molecule has 3 atom stereocenters. The van der Waals surface area contributed by atoms with Crippen LogP contribution in [0.15, 0.2) is 17.1 Å². The Hall–Kier alpha value is -1.96. The second-order valence-electron chi connectivity index (χ2n) is 8.59. The summed E-state index contributed by atoms with van der Waals surface area (Å²) in [6.45, 7) is 3.60. The second-order valence-corrected chi connectivity index (χ2v) is 8.59. The summed E-state index contributed by atoms with van der Waals surface area (Å²) in [5.74, 6) is -1.33. The van der Waals surface area contributed by atoms with Crippen molar-refractivity contribution in [1.29, 1.82) is 0 Å². The maximum atomic E-state index is 15.3. The number of halogens is 2. The zero-order chi connectivity index (χ0) is 19.8. The van der Waals surface area contributed by atoms with E-state index in [9.17, 15) is 14.7 Å². The number of hydrogen-bond donors (Lipinski definition) is 3. The van der Waals surface area contributed by atoms with Crippen molar-refractivity contribution in [2.24, 2.45) is 5.41 Å². The molecule has 0 amide bonds. The number of aromatic carboxylic acids is 1. The van der Waals surface area contributed by atoms with Gasteiger partial charge in [-0.2, -0.15) is 0 Å². The van der Waals surface area contributed by atoms with Gasteiger partial charge in [0.1, 0.15) is 11.4 Å². The first kappa shape index (κ1) is 20.3. The van der Waals surface area contributed by atoms with Gasteiger partial charge in [0.15, 0.2) is 0 Å². The number of likely N-dealkylation sites (N-methyl/N-ethyl adjacent to an activating group) is 1. The molecule has 2 aromatic rings. The maximum absolute atomic E-state index is 15.3. The van der Waals surface area contributed by atoms with E-state index in [1.165, 1.54) is 16.7 Å². The van der Waals surface area contributed by atoms with Gasteiger partial charge >= 0.3 is 5.97 Å². The maximum Gasteiger partial charge on any atom is 0.341 e. The zero-order valence-electron chi connectivity index (χ0n) is 16.4. The van der Waals surface area contributed by atoms with Crippen LogP contribution in [0.25, 0.3) is 5.52 Å². The third-order valence-corrected chi connectivity index (χ3v) is 7.08. The third kappa shape index (κ3) is 2.82. The van der Waals surface area contributed by atoms with Crippen molar-refractivity contribution >= 4 is 23.9 Å². The fourth-order valence-electron chi connectivity index (χ4n) is 5.41. The van der Waals surface area contributed by atoms with Crippen LogP contribution in [0.1, 0.15) is 58.1 Å². The van der Waals surface area contributed by atoms with Crippen molar-refractivity contribution in [2.45, 2.75) is 44.1 Å². The molecule has 2 aromatic heterocycles. The van der Waals surface area contributed by atoms with Crippen LogP contribution in [0.3, 0.4) is 0 Å². The summed E-state index contributed by atoms with van der Waals surface area (Å²) in [5.41, 5.74) is 2.08. The van der Waals surface area contributed by atoms with E-state index in [1.807, 2.05) is 14.0 Å². The van der Waals surface area contributed by atoms with E-state index in [0.29, 0.717) is 17.1 Å². The fourth-order valence-corrected chi connectivity index (χ4v) is 5.41. The molecule has 1 saturated heterocycles. The van der Waals surface area contributed by atoms with E-state index in [4.69, 9.17) is 0 Å². The predicted molar refractivity (Wildman–Crippen MR) is 110 cm³/mol. The highest BCUT2D eigenvalue weighted by atomic mass is 35.5. The Bertz CT molecular complexity index is 1080. The van der Waals surface area contributed by atoms with Gasteiger partial charge in [-0.25, -0.2) is 9.18 Å². The summed E-state index contributed by atoms with van der Waals surface area (Å²) < 4.78 is 16.5. The topological polar surface area (TPSA) is 82.8 Å². The van der Waals surface area contributed by atoms with Gasteiger partial charge in [0, 0.05) is 30.7 Å². The average molecular weight is 422 g/mol. The number of aryl methyl sites for hydroxylation is 1. The Morgan fingerprint density at radius 3 is 2.76 bits per heavy atom. The van der Waals surface area contributed by atoms with Crippen molar-refractivity contribution in [1.82, 2.24) is 15.0 Å². The summed E-state index contributed by atoms with van der Waals surface area (Å²) in [7, 11) is 1.94. The number of hydrogen-bond acceptors (Lipinski definition) is 4. The van der Waals surface area contributed by atoms with Crippen molar-refractivity contribution in [3.63, 3.8) is 0 Å². The SMILES string of the molecule is CN[C@@H]1CNCC12CC2c1c(F)cn2c(=O)c(C(=O)O)cc(C3CC3)c2c1C.Cl. The molecule has 3 aliphatic rings. The smallest absolute Gasteiger partial charge is 0.341 e. The quantitative estimate of drug-likeness (QED) is 0.706. The lowest BCUT2D eigenvalue weighted by Gasteiger charge is -2.21. The Kier molecular flexibility index (Phi) is 4.76. The van der Waals surface area contributed by atoms with Gasteiger partial charge in [-0.3, -0.25) is 9.20 Å². The van der Waals surface area contributed by atoms with Crippen LogP contribution in [0.2, 0.25) is 0 Å². The molecule has 156 valence electrons. The minimum atomic E-state index is -1.27. The van der Waals surface area contributed by atoms with Crippen molar-refractivity contribution < 1.29 is 14.3 Å². The molecule has 1 spiro atoms. The summed E-state index contributed by atoms with van der Waals surface area (Å²) >= 11 is 0. The van der Waals surface area contributed by atoms with E-state index >= 15 is 4.39 Å². The number of rotatable bonds is 4. The second kappa shape index (κ2) is 6.79. The van der Waals surface area contributed by atoms with Gasteiger partial charge in [-0.05, 0) is 67.8 Å². The molecule has 3 N–H and O–H groups in total. The number of carboxylic acid groups (broad SMARTS) is 1. The Balaban J connectivity index is 0.00000205. The number of pyridine rings is 2. The molecular weight excluding hydrogens is 397 g/mol. The first-order valence-corrected chi connectivity index (χ1v) is 9.88. The largest absolute Gasteiger partial charge is 0.477 e. The minimum Gasteiger partial charge on any atom is -0.477 e. The van der Waals surface area contributed by atoms with Gasteiger partial charge in [0.25, 0.3) is 5.56 Å². The van der Waals surface area contributed by atoms with Crippen LogP contribution in [0.5, 0.6) is 0 Å². The first-order valence-electron chi connectivity index (χ1n) is 9.88. The fraction of sp³-hybridized carbons (Fsp3) is 0.524. The first-order chi connectivity index (χ1) is 13.4. The molecule has 0 aromatic carbocycles. The van der Waals surface area contributed by atoms with Gasteiger partial charge < -0.3 is 15.7 Å². The third-order valence-electron chi connectivity index (χ3n) is 7.08. The zero-order valence-corrected chi connectivity index (χ0v) is 17.2. The lowest BCUT2D eigenvalue weighted by Crippen LogP contribution is -2.35. The molecule has 5 rings (SSSR count). The summed E-state index contributed by atoms with van der Waals surface area (Å²) in [5, 5.41) is 16.2. The highest BCUT2D eigenvalue weighted by Gasteiger charge is 2.62. The lowest BCUT2D eigenvalue weighted by atomic mass is 9.91.